The first-order chi connectivity index (χ1) is 14.9. The molecule has 0 spiro atoms. The van der Waals surface area contributed by atoms with E-state index in [-0.39, 0.29) is 11.6 Å². The molecule has 0 saturated carbocycles. The highest BCUT2D eigenvalue weighted by Crippen LogP contribution is 2.37. The lowest BCUT2D eigenvalue weighted by atomic mass is 10.0. The van der Waals surface area contributed by atoms with Gasteiger partial charge in [-0.25, -0.2) is 4.90 Å². The van der Waals surface area contributed by atoms with Crippen LogP contribution in [0.1, 0.15) is 22.3 Å². The normalized spacial score (nSPS) is 13.7. The smallest absolute Gasteiger partial charge is 0.282 e. The molecule has 5 heteroatoms. The zero-order chi connectivity index (χ0) is 22.1. The molecule has 0 bridgehead atoms. The maximum absolute atomic E-state index is 13.6. The molecular weight excluding hydrogens is 388 g/mol. The number of amides is 2. The Bertz CT molecular complexity index is 1210. The van der Waals surface area contributed by atoms with Gasteiger partial charge in [0.25, 0.3) is 11.8 Å². The first kappa shape index (κ1) is 20.4. The highest BCUT2D eigenvalue weighted by atomic mass is 16.5. The molecule has 1 heterocycles. The van der Waals surface area contributed by atoms with Crippen molar-refractivity contribution in [3.05, 3.63) is 94.7 Å². The quantitative estimate of drug-likeness (QED) is 0.598. The Morgan fingerprint density at radius 2 is 1.48 bits per heavy atom. The standard InChI is InChI=1S/C26H24N2O3/c1-16-10-13-19(14-11-16)28-25(29)23(20-7-5-6-8-22(20)31-4)24(26(28)30)27-21-15-17(2)9-12-18(21)3/h5-15,27H,1-4H3. The van der Waals surface area contributed by atoms with Gasteiger partial charge in [0.15, 0.2) is 0 Å². The van der Waals surface area contributed by atoms with E-state index in [9.17, 15) is 9.59 Å². The highest BCUT2D eigenvalue weighted by Gasteiger charge is 2.41. The summed E-state index contributed by atoms with van der Waals surface area (Å²) in [5.74, 6) is -0.244. The number of hydrogen-bond donors (Lipinski definition) is 1. The fourth-order valence-corrected chi connectivity index (χ4v) is 3.68. The molecular formula is C26H24N2O3. The van der Waals surface area contributed by atoms with Gasteiger partial charge in [-0.1, -0.05) is 48.0 Å². The number of rotatable bonds is 5. The maximum atomic E-state index is 13.6. The van der Waals surface area contributed by atoms with E-state index in [1.54, 1.807) is 31.4 Å². The summed E-state index contributed by atoms with van der Waals surface area (Å²) in [4.78, 5) is 28.3. The van der Waals surface area contributed by atoms with Gasteiger partial charge in [-0.3, -0.25) is 9.59 Å². The van der Waals surface area contributed by atoms with E-state index in [0.717, 1.165) is 22.4 Å². The zero-order valence-electron chi connectivity index (χ0n) is 18.0. The number of imide groups is 1. The maximum Gasteiger partial charge on any atom is 0.282 e. The third-order valence-corrected chi connectivity index (χ3v) is 5.41. The summed E-state index contributed by atoms with van der Waals surface area (Å²) in [7, 11) is 1.55. The van der Waals surface area contributed by atoms with Crippen molar-refractivity contribution in [3.63, 3.8) is 0 Å². The molecule has 0 saturated heterocycles. The van der Waals surface area contributed by atoms with Gasteiger partial charge < -0.3 is 10.1 Å². The van der Waals surface area contributed by atoms with Crippen LogP contribution in [-0.4, -0.2) is 18.9 Å². The first-order valence-electron chi connectivity index (χ1n) is 10.1. The van der Waals surface area contributed by atoms with Gasteiger partial charge in [0.05, 0.1) is 18.4 Å². The van der Waals surface area contributed by atoms with Crippen LogP contribution in [0.2, 0.25) is 0 Å². The average Bonchev–Trinajstić information content (AvgIpc) is 3.01. The van der Waals surface area contributed by atoms with Gasteiger partial charge in [0, 0.05) is 11.3 Å². The summed E-state index contributed by atoms with van der Waals surface area (Å²) < 4.78 is 5.50. The fourth-order valence-electron chi connectivity index (χ4n) is 3.68. The van der Waals surface area contributed by atoms with E-state index in [2.05, 4.69) is 5.32 Å². The number of hydrogen-bond acceptors (Lipinski definition) is 4. The Morgan fingerprint density at radius 3 is 2.19 bits per heavy atom. The van der Waals surface area contributed by atoms with Gasteiger partial charge in [-0.05, 0) is 56.2 Å². The van der Waals surface area contributed by atoms with Crippen LogP contribution in [0.5, 0.6) is 5.75 Å². The minimum absolute atomic E-state index is 0.240. The Labute approximate surface area is 182 Å². The van der Waals surface area contributed by atoms with Crippen molar-refractivity contribution >= 4 is 28.8 Å². The molecule has 156 valence electrons. The van der Waals surface area contributed by atoms with Gasteiger partial charge >= 0.3 is 0 Å². The van der Waals surface area contributed by atoms with Crippen LogP contribution < -0.4 is 15.0 Å². The van der Waals surface area contributed by atoms with Crippen molar-refractivity contribution in [1.82, 2.24) is 0 Å². The van der Waals surface area contributed by atoms with Crippen molar-refractivity contribution in [3.8, 4) is 5.75 Å². The second kappa shape index (κ2) is 8.11. The number of carbonyl (C=O) groups is 2. The monoisotopic (exact) mass is 412 g/mol. The van der Waals surface area contributed by atoms with Crippen LogP contribution in [0.25, 0.3) is 5.57 Å². The number of anilines is 2. The molecule has 3 aromatic rings. The summed E-state index contributed by atoms with van der Waals surface area (Å²) in [6.45, 7) is 5.91. The number of nitrogens with one attached hydrogen (secondary N) is 1. The molecule has 0 radical (unpaired) electrons. The topological polar surface area (TPSA) is 58.6 Å². The number of benzene rings is 3. The molecule has 2 amide bonds. The minimum atomic E-state index is -0.393. The van der Waals surface area contributed by atoms with Crippen molar-refractivity contribution < 1.29 is 14.3 Å². The first-order valence-corrected chi connectivity index (χ1v) is 10.1. The van der Waals surface area contributed by atoms with Crippen LogP contribution in [0.4, 0.5) is 11.4 Å². The Kier molecular flexibility index (Phi) is 5.34. The second-order valence-electron chi connectivity index (χ2n) is 7.67. The van der Waals surface area contributed by atoms with E-state index in [1.165, 1.54) is 4.90 Å². The molecule has 0 unspecified atom stereocenters. The SMILES string of the molecule is COc1ccccc1C1=C(Nc2cc(C)ccc2C)C(=O)N(c2ccc(C)cc2)C1=O. The highest BCUT2D eigenvalue weighted by molar-refractivity contribution is 6.46. The van der Waals surface area contributed by atoms with Crippen molar-refractivity contribution in [2.45, 2.75) is 20.8 Å². The van der Waals surface area contributed by atoms with E-state index in [1.807, 2.05) is 63.2 Å². The van der Waals surface area contributed by atoms with Gasteiger partial charge in [-0.15, -0.1) is 0 Å². The summed E-state index contributed by atoms with van der Waals surface area (Å²) in [5.41, 5.74) is 5.51. The summed E-state index contributed by atoms with van der Waals surface area (Å²) in [5, 5.41) is 3.25. The van der Waals surface area contributed by atoms with E-state index in [4.69, 9.17) is 4.74 Å². The molecule has 5 nitrogen and oxygen atoms in total. The molecule has 1 aliphatic heterocycles. The molecule has 0 aromatic heterocycles. The number of para-hydroxylation sites is 1. The Morgan fingerprint density at radius 1 is 0.806 bits per heavy atom. The van der Waals surface area contributed by atoms with Crippen molar-refractivity contribution in [1.29, 1.82) is 0 Å². The molecule has 0 aliphatic carbocycles. The largest absolute Gasteiger partial charge is 0.496 e. The number of carbonyl (C=O) groups excluding carboxylic acids is 2. The van der Waals surface area contributed by atoms with Gasteiger partial charge in [0.2, 0.25) is 0 Å². The van der Waals surface area contributed by atoms with Crippen LogP contribution in [0.15, 0.2) is 72.4 Å². The second-order valence-corrected chi connectivity index (χ2v) is 7.67. The summed E-state index contributed by atoms with van der Waals surface area (Å²) in [6, 6.07) is 20.5. The third kappa shape index (κ3) is 3.70. The van der Waals surface area contributed by atoms with Crippen LogP contribution in [0.3, 0.4) is 0 Å². The minimum Gasteiger partial charge on any atom is -0.496 e. The average molecular weight is 412 g/mol. The Balaban J connectivity index is 1.88. The van der Waals surface area contributed by atoms with Crippen LogP contribution in [0, 0.1) is 20.8 Å². The number of methoxy groups -OCH3 is 1. The predicted molar refractivity (Wildman–Crippen MR) is 123 cm³/mol. The molecule has 4 rings (SSSR count). The molecule has 0 atom stereocenters. The summed E-state index contributed by atoms with van der Waals surface area (Å²) >= 11 is 0. The van der Waals surface area contributed by atoms with Crippen molar-refractivity contribution in [2.75, 3.05) is 17.3 Å². The zero-order valence-corrected chi connectivity index (χ0v) is 18.0. The number of ether oxygens (including phenoxy) is 1. The molecule has 3 aromatic carbocycles. The van der Waals surface area contributed by atoms with E-state index < -0.39 is 5.91 Å². The Hall–Kier alpha value is -3.86. The molecule has 0 fully saturated rings. The number of aryl methyl sites for hydroxylation is 3. The van der Waals surface area contributed by atoms with Crippen LogP contribution >= 0.6 is 0 Å². The summed E-state index contributed by atoms with van der Waals surface area (Å²) in [6.07, 6.45) is 0. The van der Waals surface area contributed by atoms with Crippen molar-refractivity contribution in [2.24, 2.45) is 0 Å². The molecule has 31 heavy (non-hydrogen) atoms. The van der Waals surface area contributed by atoms with Crippen LogP contribution in [-0.2, 0) is 9.59 Å². The van der Waals surface area contributed by atoms with E-state index >= 15 is 0 Å². The lowest BCUT2D eigenvalue weighted by Gasteiger charge is -2.16. The molecule has 1 N–H and O–H groups in total. The lowest BCUT2D eigenvalue weighted by molar-refractivity contribution is -0.120. The fraction of sp³-hybridized carbons (Fsp3) is 0.154. The van der Waals surface area contributed by atoms with Gasteiger partial charge in [-0.2, -0.15) is 0 Å². The number of nitrogens with zero attached hydrogens (tertiary/aromatic N) is 1. The predicted octanol–water partition coefficient (Wildman–Crippen LogP) is 5.02. The third-order valence-electron chi connectivity index (χ3n) is 5.41. The van der Waals surface area contributed by atoms with Gasteiger partial charge in [0.1, 0.15) is 11.4 Å². The molecule has 1 aliphatic rings. The lowest BCUT2D eigenvalue weighted by Crippen LogP contribution is -2.32. The van der Waals surface area contributed by atoms with E-state index in [0.29, 0.717) is 22.6 Å².